The molecule has 5 nitrogen and oxygen atoms in total. The van der Waals surface area contributed by atoms with Crippen molar-refractivity contribution >= 4 is 33.3 Å². The Bertz CT molecular complexity index is 1880. The Balaban J connectivity index is 1.33. The van der Waals surface area contributed by atoms with Crippen molar-refractivity contribution < 1.29 is 9.15 Å². The van der Waals surface area contributed by atoms with Gasteiger partial charge in [-0.1, -0.05) is 54.6 Å². The minimum Gasteiger partial charge on any atom is -0.504 e. The van der Waals surface area contributed by atoms with E-state index in [1.165, 1.54) is 16.7 Å². The Morgan fingerprint density at radius 1 is 0.795 bits per heavy atom. The lowest BCUT2D eigenvalue weighted by atomic mass is 9.98. The molecular weight excluding hydrogens is 482 g/mol. The molecule has 0 radical (unpaired) electrons. The smallest absolute Gasteiger partial charge is 0.135 e. The summed E-state index contributed by atoms with van der Waals surface area (Å²) in [5.41, 5.74) is 10.3. The third kappa shape index (κ3) is 4.32. The van der Waals surface area contributed by atoms with Gasteiger partial charge in [-0.2, -0.15) is 5.10 Å². The number of aliphatic imine (C=N–C) groups is 1. The summed E-state index contributed by atoms with van der Waals surface area (Å²) in [7, 11) is 1.68. The summed E-state index contributed by atoms with van der Waals surface area (Å²) in [5, 5.41) is 6.63. The number of aryl methyl sites for hydroxylation is 1. The Hall–Kier alpha value is -4.90. The van der Waals surface area contributed by atoms with Crippen LogP contribution in [0, 0.1) is 0 Å². The highest BCUT2D eigenvalue weighted by molar-refractivity contribution is 6.13. The first-order valence-corrected chi connectivity index (χ1v) is 13.2. The van der Waals surface area contributed by atoms with Gasteiger partial charge < -0.3 is 9.15 Å². The molecule has 0 spiro atoms. The van der Waals surface area contributed by atoms with Crippen LogP contribution >= 0.6 is 0 Å². The molecule has 5 heteroatoms. The Morgan fingerprint density at radius 2 is 1.54 bits per heavy atom. The van der Waals surface area contributed by atoms with Gasteiger partial charge in [0.05, 0.1) is 30.5 Å². The fraction of sp³-hybridized carbons (Fsp3) is 0.118. The van der Waals surface area contributed by atoms with E-state index in [0.717, 1.165) is 69.6 Å². The van der Waals surface area contributed by atoms with Crippen molar-refractivity contribution in [1.29, 1.82) is 0 Å². The molecule has 0 N–H and O–H groups in total. The molecule has 0 atom stereocenters. The standard InChI is InChI=1S/C34H27N3O2/c1-38-22-27-11-6-18-37-31(16-17-35-37)34(27)36-28-13-15-33-30(21-28)29-20-26(12-14-32(29)39-33)25-10-5-9-24(19-25)23-7-3-2-4-8-23/h2-5,7-10,12-17,19-22H,6,11,18H2,1H3/b27-22-,36-34-. The first-order valence-electron chi connectivity index (χ1n) is 13.2. The van der Waals surface area contributed by atoms with Gasteiger partial charge in [0.2, 0.25) is 0 Å². The van der Waals surface area contributed by atoms with Gasteiger partial charge in [-0.3, -0.25) is 4.68 Å². The number of hydrogen-bond donors (Lipinski definition) is 0. The second-order valence-electron chi connectivity index (χ2n) is 9.82. The molecule has 0 amide bonds. The van der Waals surface area contributed by atoms with Crippen LogP contribution in [0.5, 0.6) is 0 Å². The van der Waals surface area contributed by atoms with E-state index < -0.39 is 0 Å². The maximum Gasteiger partial charge on any atom is 0.135 e. The summed E-state index contributed by atoms with van der Waals surface area (Å²) in [4.78, 5) is 5.12. The van der Waals surface area contributed by atoms with Crippen molar-refractivity contribution in [3.63, 3.8) is 0 Å². The van der Waals surface area contributed by atoms with Crippen LogP contribution in [0.4, 0.5) is 5.69 Å². The van der Waals surface area contributed by atoms with Gasteiger partial charge in [-0.15, -0.1) is 0 Å². The van der Waals surface area contributed by atoms with Crippen LogP contribution in [0.25, 0.3) is 44.2 Å². The zero-order valence-electron chi connectivity index (χ0n) is 21.7. The first-order chi connectivity index (χ1) is 19.3. The van der Waals surface area contributed by atoms with E-state index in [0.29, 0.717) is 0 Å². The van der Waals surface area contributed by atoms with E-state index in [4.69, 9.17) is 14.1 Å². The molecule has 190 valence electrons. The summed E-state index contributed by atoms with van der Waals surface area (Å²) in [6, 6.07) is 33.7. The predicted molar refractivity (Wildman–Crippen MR) is 157 cm³/mol. The Labute approximate surface area is 226 Å². The molecule has 6 aromatic rings. The van der Waals surface area contributed by atoms with Gasteiger partial charge in [-0.05, 0) is 77.6 Å². The number of nitrogens with zero attached hydrogens (tertiary/aromatic N) is 3. The van der Waals surface area contributed by atoms with Crippen molar-refractivity contribution in [2.45, 2.75) is 19.4 Å². The quantitative estimate of drug-likeness (QED) is 0.224. The van der Waals surface area contributed by atoms with Crippen LogP contribution in [0.2, 0.25) is 0 Å². The maximum absolute atomic E-state index is 6.21. The lowest BCUT2D eigenvalue weighted by Crippen LogP contribution is -2.09. The van der Waals surface area contributed by atoms with Crippen LogP contribution in [0.15, 0.2) is 125 Å². The van der Waals surface area contributed by atoms with Gasteiger partial charge in [0.1, 0.15) is 11.2 Å². The molecule has 1 aliphatic rings. The largest absolute Gasteiger partial charge is 0.504 e. The average Bonchev–Trinajstić information content (AvgIpc) is 3.56. The summed E-state index contributed by atoms with van der Waals surface area (Å²) >= 11 is 0. The van der Waals surface area contributed by atoms with E-state index >= 15 is 0 Å². The summed E-state index contributed by atoms with van der Waals surface area (Å²) in [5.74, 6) is 0. The molecule has 7 rings (SSSR count). The molecule has 0 bridgehead atoms. The van der Waals surface area contributed by atoms with E-state index in [-0.39, 0.29) is 0 Å². The topological polar surface area (TPSA) is 52.5 Å². The molecule has 0 unspecified atom stereocenters. The highest BCUT2D eigenvalue weighted by Crippen LogP contribution is 2.36. The van der Waals surface area contributed by atoms with E-state index in [1.807, 2.05) is 41.4 Å². The Kier molecular flexibility index (Phi) is 5.82. The van der Waals surface area contributed by atoms with Gasteiger partial charge in [0.25, 0.3) is 0 Å². The molecular formula is C34H27N3O2. The SMILES string of the molecule is CO/C=C1/CCCn2nccc2/C1=N\c1ccc2oc3ccc(-c4cccc(-c5ccccc5)c4)cc3c2c1. The van der Waals surface area contributed by atoms with Crippen molar-refractivity contribution in [2.24, 2.45) is 4.99 Å². The van der Waals surface area contributed by atoms with Gasteiger partial charge >= 0.3 is 0 Å². The van der Waals surface area contributed by atoms with E-state index in [2.05, 4.69) is 77.9 Å². The van der Waals surface area contributed by atoms with Crippen molar-refractivity contribution in [2.75, 3.05) is 7.11 Å². The number of rotatable bonds is 4. The molecule has 1 aliphatic heterocycles. The number of hydrogen-bond acceptors (Lipinski definition) is 4. The third-order valence-electron chi connectivity index (χ3n) is 7.34. The molecule has 0 fully saturated rings. The van der Waals surface area contributed by atoms with Crippen molar-refractivity contribution in [3.8, 4) is 22.3 Å². The second-order valence-corrected chi connectivity index (χ2v) is 9.82. The van der Waals surface area contributed by atoms with Crippen LogP contribution < -0.4 is 0 Å². The number of ether oxygens (including phenoxy) is 1. The molecule has 0 saturated carbocycles. The first kappa shape index (κ1) is 23.2. The highest BCUT2D eigenvalue weighted by atomic mass is 16.5. The average molecular weight is 510 g/mol. The normalized spacial score (nSPS) is 15.6. The van der Waals surface area contributed by atoms with Crippen LogP contribution in [0.1, 0.15) is 18.5 Å². The summed E-state index contributed by atoms with van der Waals surface area (Å²) in [6.45, 7) is 0.863. The van der Waals surface area contributed by atoms with Crippen LogP contribution in [0.3, 0.4) is 0 Å². The van der Waals surface area contributed by atoms with Crippen molar-refractivity contribution in [3.05, 3.63) is 121 Å². The number of methoxy groups -OCH3 is 1. The third-order valence-corrected chi connectivity index (χ3v) is 7.34. The second kappa shape index (κ2) is 9.76. The number of furan rings is 1. The summed E-state index contributed by atoms with van der Waals surface area (Å²) < 4.78 is 13.7. The molecule has 0 aliphatic carbocycles. The molecule has 3 heterocycles. The van der Waals surface area contributed by atoms with Gasteiger partial charge in [0.15, 0.2) is 0 Å². The minimum absolute atomic E-state index is 0.850. The highest BCUT2D eigenvalue weighted by Gasteiger charge is 2.20. The zero-order chi connectivity index (χ0) is 26.2. The fourth-order valence-electron chi connectivity index (χ4n) is 5.45. The lowest BCUT2D eigenvalue weighted by Gasteiger charge is -2.08. The number of allylic oxidation sites excluding steroid dienone is 1. The Morgan fingerprint density at radius 3 is 2.38 bits per heavy atom. The van der Waals surface area contributed by atoms with Crippen LogP contribution in [-0.2, 0) is 11.3 Å². The summed E-state index contributed by atoms with van der Waals surface area (Å²) in [6.07, 6.45) is 5.52. The van der Waals surface area contributed by atoms with Gasteiger partial charge in [0, 0.05) is 29.1 Å². The van der Waals surface area contributed by atoms with Crippen molar-refractivity contribution in [1.82, 2.24) is 9.78 Å². The lowest BCUT2D eigenvalue weighted by molar-refractivity contribution is 0.334. The van der Waals surface area contributed by atoms with E-state index in [9.17, 15) is 0 Å². The van der Waals surface area contributed by atoms with Gasteiger partial charge in [-0.25, -0.2) is 4.99 Å². The number of fused-ring (bicyclic) bond motifs is 4. The minimum atomic E-state index is 0.850. The molecule has 0 saturated heterocycles. The monoisotopic (exact) mass is 509 g/mol. The fourth-order valence-corrected chi connectivity index (χ4v) is 5.45. The molecule has 4 aromatic carbocycles. The van der Waals surface area contributed by atoms with Crippen LogP contribution in [-0.4, -0.2) is 22.6 Å². The number of aromatic nitrogens is 2. The molecule has 2 aromatic heterocycles. The maximum atomic E-state index is 6.21. The number of benzene rings is 4. The zero-order valence-corrected chi connectivity index (χ0v) is 21.7. The van der Waals surface area contributed by atoms with E-state index in [1.54, 1.807) is 7.11 Å². The molecule has 39 heavy (non-hydrogen) atoms. The predicted octanol–water partition coefficient (Wildman–Crippen LogP) is 8.56.